The normalized spacial score (nSPS) is 14.5. The van der Waals surface area contributed by atoms with E-state index in [1.54, 1.807) is 18.3 Å². The van der Waals surface area contributed by atoms with E-state index < -0.39 is 0 Å². The van der Waals surface area contributed by atoms with Gasteiger partial charge in [0, 0.05) is 31.3 Å². The van der Waals surface area contributed by atoms with Crippen LogP contribution < -0.4 is 9.47 Å². The lowest BCUT2D eigenvalue weighted by atomic mass is 10.2. The summed E-state index contributed by atoms with van der Waals surface area (Å²) in [6, 6.07) is 16.8. The molecule has 33 heavy (non-hydrogen) atoms. The van der Waals surface area contributed by atoms with Crippen LogP contribution in [0.2, 0.25) is 5.15 Å². The van der Waals surface area contributed by atoms with E-state index in [0.717, 1.165) is 56.1 Å². The zero-order valence-electron chi connectivity index (χ0n) is 18.1. The highest BCUT2D eigenvalue weighted by Crippen LogP contribution is 2.30. The SMILES string of the molecule is Clc1ccc(Oc2ccc3nc(-c4ccc(OCCCN5CCOCC5)cc4)oc3c2)cn1. The molecule has 2 aromatic carbocycles. The Balaban J connectivity index is 1.19. The number of rotatable bonds is 8. The molecular formula is C25H24ClN3O4. The van der Waals surface area contributed by atoms with E-state index in [1.165, 1.54) is 0 Å². The lowest BCUT2D eigenvalue weighted by molar-refractivity contribution is 0.0358. The summed E-state index contributed by atoms with van der Waals surface area (Å²) in [5, 5.41) is 0.419. The molecule has 170 valence electrons. The second-order valence-electron chi connectivity index (χ2n) is 7.75. The van der Waals surface area contributed by atoms with Crippen LogP contribution in [0, 0.1) is 0 Å². The first-order valence-electron chi connectivity index (χ1n) is 11.0. The third-order valence-electron chi connectivity index (χ3n) is 5.39. The van der Waals surface area contributed by atoms with Crippen LogP contribution in [-0.2, 0) is 4.74 Å². The lowest BCUT2D eigenvalue weighted by Gasteiger charge is -2.26. The number of halogens is 1. The standard InChI is InChI=1S/C25H24ClN3O4/c26-24-9-7-21(17-27-24)32-20-6-8-22-23(16-20)33-25(28-22)18-2-4-19(5-3-18)31-13-1-10-29-11-14-30-15-12-29/h2-9,16-17H,1,10-15H2. The Bertz CT molecular complexity index is 1190. The van der Waals surface area contributed by atoms with Gasteiger partial charge in [-0.3, -0.25) is 4.90 Å². The van der Waals surface area contributed by atoms with Crippen molar-refractivity contribution in [2.24, 2.45) is 0 Å². The van der Waals surface area contributed by atoms with Crippen LogP contribution in [0.5, 0.6) is 17.2 Å². The molecule has 0 atom stereocenters. The number of benzene rings is 2. The van der Waals surface area contributed by atoms with Crippen molar-refractivity contribution in [2.45, 2.75) is 6.42 Å². The van der Waals surface area contributed by atoms with Gasteiger partial charge in [0.2, 0.25) is 5.89 Å². The fourth-order valence-corrected chi connectivity index (χ4v) is 3.76. The largest absolute Gasteiger partial charge is 0.494 e. The molecule has 0 amide bonds. The van der Waals surface area contributed by atoms with Crippen LogP contribution in [0.1, 0.15) is 6.42 Å². The molecule has 7 nitrogen and oxygen atoms in total. The van der Waals surface area contributed by atoms with Crippen molar-refractivity contribution in [3.63, 3.8) is 0 Å². The molecule has 0 aliphatic carbocycles. The van der Waals surface area contributed by atoms with E-state index >= 15 is 0 Å². The number of oxazole rings is 1. The van der Waals surface area contributed by atoms with Crippen molar-refractivity contribution in [3.05, 3.63) is 65.9 Å². The van der Waals surface area contributed by atoms with E-state index in [1.807, 2.05) is 42.5 Å². The zero-order chi connectivity index (χ0) is 22.5. The molecule has 1 aliphatic heterocycles. The summed E-state index contributed by atoms with van der Waals surface area (Å²) in [5.74, 6) is 2.62. The minimum Gasteiger partial charge on any atom is -0.494 e. The number of pyridine rings is 1. The minimum atomic E-state index is 0.419. The van der Waals surface area contributed by atoms with Gasteiger partial charge in [0.1, 0.15) is 27.9 Å². The molecule has 3 heterocycles. The van der Waals surface area contributed by atoms with Crippen LogP contribution >= 0.6 is 11.6 Å². The Morgan fingerprint density at radius 3 is 2.52 bits per heavy atom. The average Bonchev–Trinajstić information content (AvgIpc) is 3.28. The first-order chi connectivity index (χ1) is 16.2. The summed E-state index contributed by atoms with van der Waals surface area (Å²) in [6.07, 6.45) is 2.56. The fraction of sp³-hybridized carbons (Fsp3) is 0.280. The van der Waals surface area contributed by atoms with E-state index in [0.29, 0.717) is 34.7 Å². The molecule has 1 aliphatic rings. The monoisotopic (exact) mass is 465 g/mol. The molecule has 0 spiro atoms. The van der Waals surface area contributed by atoms with E-state index in [9.17, 15) is 0 Å². The number of hydrogen-bond donors (Lipinski definition) is 0. The molecule has 8 heteroatoms. The molecule has 0 radical (unpaired) electrons. The van der Waals surface area contributed by atoms with Gasteiger partial charge in [-0.1, -0.05) is 11.6 Å². The maximum Gasteiger partial charge on any atom is 0.227 e. The van der Waals surface area contributed by atoms with Crippen LogP contribution in [0.3, 0.4) is 0 Å². The van der Waals surface area contributed by atoms with Crippen molar-refractivity contribution >= 4 is 22.7 Å². The van der Waals surface area contributed by atoms with Crippen molar-refractivity contribution < 1.29 is 18.6 Å². The summed E-state index contributed by atoms with van der Waals surface area (Å²) in [6.45, 7) is 5.38. The average molecular weight is 466 g/mol. The predicted octanol–water partition coefficient (Wildman–Crippen LogP) is 5.44. The molecule has 1 saturated heterocycles. The van der Waals surface area contributed by atoms with E-state index in [4.69, 9.17) is 30.2 Å². The Labute approximate surface area is 196 Å². The van der Waals surface area contributed by atoms with Crippen LogP contribution in [0.15, 0.2) is 65.2 Å². The van der Waals surface area contributed by atoms with Gasteiger partial charge >= 0.3 is 0 Å². The second kappa shape index (κ2) is 10.2. The molecule has 2 aromatic heterocycles. The molecular weight excluding hydrogens is 442 g/mol. The number of fused-ring (bicyclic) bond motifs is 1. The van der Waals surface area contributed by atoms with Gasteiger partial charge in [-0.25, -0.2) is 9.97 Å². The molecule has 4 aromatic rings. The molecule has 0 bridgehead atoms. The van der Waals surface area contributed by atoms with Gasteiger partial charge in [0.15, 0.2) is 5.58 Å². The zero-order valence-corrected chi connectivity index (χ0v) is 18.8. The summed E-state index contributed by atoms with van der Waals surface area (Å²) >= 11 is 5.82. The van der Waals surface area contributed by atoms with Crippen LogP contribution in [0.4, 0.5) is 0 Å². The van der Waals surface area contributed by atoms with Gasteiger partial charge in [0.05, 0.1) is 26.0 Å². The summed E-state index contributed by atoms with van der Waals surface area (Å²) in [5.41, 5.74) is 2.29. The van der Waals surface area contributed by atoms with Crippen LogP contribution in [-0.4, -0.2) is 54.3 Å². The fourth-order valence-electron chi connectivity index (χ4n) is 3.65. The van der Waals surface area contributed by atoms with Gasteiger partial charge in [-0.15, -0.1) is 0 Å². The number of ether oxygens (including phenoxy) is 3. The molecule has 0 N–H and O–H groups in total. The van der Waals surface area contributed by atoms with Crippen molar-refractivity contribution in [3.8, 4) is 28.7 Å². The number of nitrogens with zero attached hydrogens (tertiary/aromatic N) is 3. The third-order valence-corrected chi connectivity index (χ3v) is 5.61. The predicted molar refractivity (Wildman–Crippen MR) is 126 cm³/mol. The summed E-state index contributed by atoms with van der Waals surface area (Å²) in [7, 11) is 0. The van der Waals surface area contributed by atoms with Crippen molar-refractivity contribution in [1.82, 2.24) is 14.9 Å². The first-order valence-corrected chi connectivity index (χ1v) is 11.3. The van der Waals surface area contributed by atoms with Gasteiger partial charge < -0.3 is 18.6 Å². The smallest absolute Gasteiger partial charge is 0.227 e. The van der Waals surface area contributed by atoms with E-state index in [2.05, 4.69) is 14.9 Å². The first kappa shape index (κ1) is 21.7. The van der Waals surface area contributed by atoms with Crippen molar-refractivity contribution in [1.29, 1.82) is 0 Å². The molecule has 1 fully saturated rings. The van der Waals surface area contributed by atoms with Gasteiger partial charge in [0.25, 0.3) is 0 Å². The Morgan fingerprint density at radius 2 is 1.73 bits per heavy atom. The number of hydrogen-bond acceptors (Lipinski definition) is 7. The topological polar surface area (TPSA) is 69.9 Å². The maximum atomic E-state index is 5.97. The number of aromatic nitrogens is 2. The molecule has 0 unspecified atom stereocenters. The lowest BCUT2D eigenvalue weighted by Crippen LogP contribution is -2.37. The Hall–Kier alpha value is -3.13. The van der Waals surface area contributed by atoms with Gasteiger partial charge in [-0.2, -0.15) is 0 Å². The highest BCUT2D eigenvalue weighted by molar-refractivity contribution is 6.29. The van der Waals surface area contributed by atoms with Gasteiger partial charge in [-0.05, 0) is 55.0 Å². The summed E-state index contributed by atoms with van der Waals surface area (Å²) < 4.78 is 23.1. The minimum absolute atomic E-state index is 0.419. The second-order valence-corrected chi connectivity index (χ2v) is 8.13. The quantitative estimate of drug-likeness (QED) is 0.253. The highest BCUT2D eigenvalue weighted by atomic mass is 35.5. The van der Waals surface area contributed by atoms with Crippen molar-refractivity contribution in [2.75, 3.05) is 39.5 Å². The molecule has 5 rings (SSSR count). The Kier molecular flexibility index (Phi) is 6.71. The maximum absolute atomic E-state index is 5.97. The van der Waals surface area contributed by atoms with E-state index in [-0.39, 0.29) is 0 Å². The summed E-state index contributed by atoms with van der Waals surface area (Å²) in [4.78, 5) is 11.0. The Morgan fingerprint density at radius 1 is 0.939 bits per heavy atom. The number of morpholine rings is 1. The van der Waals surface area contributed by atoms with Crippen LogP contribution in [0.25, 0.3) is 22.6 Å². The highest BCUT2D eigenvalue weighted by Gasteiger charge is 2.11. The third kappa shape index (κ3) is 5.63. The molecule has 0 saturated carbocycles.